The molecule has 2 heterocycles. The number of amides is 6. The van der Waals surface area contributed by atoms with E-state index in [1.807, 2.05) is 36.4 Å². The third kappa shape index (κ3) is 11.5. The average molecular weight is 883 g/mol. The van der Waals surface area contributed by atoms with Crippen LogP contribution in [0.2, 0.25) is 0 Å². The fraction of sp³-hybridized carbons (Fsp3) is 0.522. The molecule has 2 saturated heterocycles. The van der Waals surface area contributed by atoms with Crippen molar-refractivity contribution in [3.63, 3.8) is 0 Å². The maximum Gasteiger partial charge on any atom is 0.247 e. The zero-order chi connectivity index (χ0) is 44.2. The Bertz CT molecular complexity index is 1970. The molecule has 0 bridgehead atoms. The quantitative estimate of drug-likeness (QED) is 0.154. The number of carbonyl (C=O) groups is 6. The van der Waals surface area contributed by atoms with Gasteiger partial charge in [-0.2, -0.15) is 0 Å². The molecule has 8 atom stereocenters. The Morgan fingerprint density at radius 2 is 1.05 bits per heavy atom. The Labute approximate surface area is 373 Å². The highest BCUT2D eigenvalue weighted by Crippen LogP contribution is 2.32. The van der Waals surface area contributed by atoms with E-state index in [2.05, 4.69) is 67.7 Å². The number of nitrogens with zero attached hydrogens (tertiary/aromatic N) is 2. The van der Waals surface area contributed by atoms with Gasteiger partial charge in [-0.05, 0) is 101 Å². The van der Waals surface area contributed by atoms with Crippen LogP contribution >= 0.6 is 23.5 Å². The summed E-state index contributed by atoms with van der Waals surface area (Å²) in [5, 5.41) is 17.8. The first-order valence-electron chi connectivity index (χ1n) is 21.4. The lowest BCUT2D eigenvalue weighted by molar-refractivity contribution is -0.141. The molecular weight excluding hydrogens is 825 g/mol. The highest BCUT2D eigenvalue weighted by atomic mass is 32.2. The van der Waals surface area contributed by atoms with Crippen molar-refractivity contribution in [1.82, 2.24) is 41.7 Å². The summed E-state index contributed by atoms with van der Waals surface area (Å²) in [5.41, 5.74) is 4.65. The highest BCUT2D eigenvalue weighted by Gasteiger charge is 2.41. The zero-order valence-electron chi connectivity index (χ0n) is 35.9. The molecule has 14 nitrogen and oxygen atoms in total. The molecule has 0 unspecified atom stereocenters. The third-order valence-electron chi connectivity index (χ3n) is 12.0. The molecule has 0 radical (unpaired) electrons. The average Bonchev–Trinajstić information content (AvgIpc) is 4.00. The molecule has 0 spiro atoms. The second kappa shape index (κ2) is 22.4. The Hall–Kier alpha value is -5.00. The second-order valence-corrected chi connectivity index (χ2v) is 18.1. The van der Waals surface area contributed by atoms with E-state index in [1.165, 1.54) is 44.5 Å². The molecule has 0 saturated carbocycles. The molecule has 6 rings (SSSR count). The molecule has 16 heteroatoms. The molecule has 6 amide bonds. The molecule has 4 aliphatic rings. The summed E-state index contributed by atoms with van der Waals surface area (Å²) in [6.45, 7) is 3.36. The normalized spacial score (nSPS) is 22.1. The number of fused-ring (bicyclic) bond motifs is 2. The predicted molar refractivity (Wildman–Crippen MR) is 242 cm³/mol. The van der Waals surface area contributed by atoms with Crippen LogP contribution in [0.3, 0.4) is 0 Å². The van der Waals surface area contributed by atoms with E-state index in [-0.39, 0.29) is 36.7 Å². The summed E-state index contributed by atoms with van der Waals surface area (Å²) in [5.74, 6) is 10.7. The Balaban J connectivity index is 1.12. The minimum absolute atomic E-state index is 0.0762. The number of carbonyl (C=O) groups excluding carboxylic acids is 6. The monoisotopic (exact) mass is 882 g/mol. The fourth-order valence-corrected chi connectivity index (χ4v) is 10.5. The molecule has 2 aromatic rings. The van der Waals surface area contributed by atoms with Crippen LogP contribution in [-0.2, 0) is 41.6 Å². The molecule has 62 heavy (non-hydrogen) atoms. The SMILES string of the molecule is CN[C@@H](C)C(=O)N[C@@H](CC#CC#CC[C@H](NC(=O)[C@H](C)NC)C(=O)N1CSC[C@H]1C(=O)N[C@@H]1CCCc2ccccc21)C(=O)N1CSC[C@H]1C(=O)N[C@@H]1CCCc2ccccc21. The van der Waals surface area contributed by atoms with Crippen LogP contribution in [0.4, 0.5) is 0 Å². The number of hydrogen-bond donors (Lipinski definition) is 6. The standard InChI is InChI=1S/C46H58N8O6S2/c1-29(47-3)41(55)51-37(45(59)53-27-61-25-39(53)43(57)49-35-23-13-17-31-15-9-11-19-33(31)35)21-7-5-6-8-22-38(52-42(56)30(2)48-4)46(60)54-28-62-26-40(54)44(58)50-36-24-14-18-32-16-10-12-20-34(32)36/h9-12,15-16,19-20,29-30,35-40,47-48H,13-14,17-18,21-28H2,1-4H3,(H,49,57)(H,50,58)(H,51,55)(H,52,56)/t29-,30-,35+,36+,37-,38-,39-,40-/m0/s1. The van der Waals surface area contributed by atoms with Gasteiger partial charge in [0.1, 0.15) is 24.2 Å². The summed E-state index contributed by atoms with van der Waals surface area (Å²) in [6, 6.07) is 11.2. The van der Waals surface area contributed by atoms with Crippen molar-refractivity contribution in [3.8, 4) is 23.7 Å². The van der Waals surface area contributed by atoms with E-state index in [4.69, 9.17) is 0 Å². The molecule has 2 aliphatic carbocycles. The number of nitrogens with one attached hydrogen (secondary N) is 6. The number of hydrogen-bond acceptors (Lipinski definition) is 10. The lowest BCUT2D eigenvalue weighted by Crippen LogP contribution is -2.56. The van der Waals surface area contributed by atoms with Crippen molar-refractivity contribution < 1.29 is 28.8 Å². The van der Waals surface area contributed by atoms with Crippen molar-refractivity contribution in [2.75, 3.05) is 37.4 Å². The van der Waals surface area contributed by atoms with Gasteiger partial charge < -0.3 is 41.7 Å². The molecular formula is C46H58N8O6S2. The first-order chi connectivity index (χ1) is 30.0. The molecule has 2 aromatic carbocycles. The first kappa shape index (κ1) is 46.5. The molecule has 0 aromatic heterocycles. The minimum Gasteiger partial charge on any atom is -0.347 e. The van der Waals surface area contributed by atoms with Crippen molar-refractivity contribution in [1.29, 1.82) is 0 Å². The van der Waals surface area contributed by atoms with Gasteiger partial charge in [-0.3, -0.25) is 28.8 Å². The van der Waals surface area contributed by atoms with Gasteiger partial charge in [0, 0.05) is 24.3 Å². The van der Waals surface area contributed by atoms with E-state index in [9.17, 15) is 28.8 Å². The lowest BCUT2D eigenvalue weighted by atomic mass is 9.87. The number of aryl methyl sites for hydroxylation is 2. The molecule has 2 fully saturated rings. The largest absolute Gasteiger partial charge is 0.347 e. The van der Waals surface area contributed by atoms with E-state index < -0.39 is 59.9 Å². The smallest absolute Gasteiger partial charge is 0.247 e. The van der Waals surface area contributed by atoms with Crippen molar-refractivity contribution in [2.45, 2.75) is 114 Å². The topological polar surface area (TPSA) is 181 Å². The van der Waals surface area contributed by atoms with Gasteiger partial charge in [-0.15, -0.1) is 23.5 Å². The maximum atomic E-state index is 14.1. The summed E-state index contributed by atoms with van der Waals surface area (Å²) in [4.78, 5) is 84.8. The Kier molecular flexibility index (Phi) is 16.8. The number of likely N-dealkylation sites (N-methyl/N-ethyl adjacent to an activating group) is 2. The van der Waals surface area contributed by atoms with E-state index >= 15 is 0 Å². The Morgan fingerprint density at radius 3 is 1.45 bits per heavy atom. The summed E-state index contributed by atoms with van der Waals surface area (Å²) < 4.78 is 0. The number of rotatable bonds is 14. The van der Waals surface area contributed by atoms with E-state index in [0.717, 1.165) is 49.7 Å². The predicted octanol–water partition coefficient (Wildman–Crippen LogP) is 2.15. The van der Waals surface area contributed by atoms with Gasteiger partial charge in [0.25, 0.3) is 0 Å². The van der Waals surface area contributed by atoms with Gasteiger partial charge in [0.15, 0.2) is 0 Å². The van der Waals surface area contributed by atoms with Gasteiger partial charge in [0.2, 0.25) is 35.4 Å². The van der Waals surface area contributed by atoms with E-state index in [0.29, 0.717) is 23.3 Å². The maximum absolute atomic E-state index is 14.1. The van der Waals surface area contributed by atoms with Gasteiger partial charge in [-0.1, -0.05) is 60.4 Å². The van der Waals surface area contributed by atoms with Crippen LogP contribution in [0, 0.1) is 23.7 Å². The third-order valence-corrected chi connectivity index (χ3v) is 14.1. The zero-order valence-corrected chi connectivity index (χ0v) is 37.5. The summed E-state index contributed by atoms with van der Waals surface area (Å²) in [7, 11) is 3.29. The van der Waals surface area contributed by atoms with Gasteiger partial charge >= 0.3 is 0 Å². The molecule has 330 valence electrons. The van der Waals surface area contributed by atoms with Crippen LogP contribution in [0.5, 0.6) is 0 Å². The van der Waals surface area contributed by atoms with Crippen molar-refractivity contribution in [3.05, 3.63) is 70.8 Å². The second-order valence-electron chi connectivity index (χ2n) is 16.1. The van der Waals surface area contributed by atoms with Crippen LogP contribution in [-0.4, -0.2) is 119 Å². The minimum atomic E-state index is -1.05. The summed E-state index contributed by atoms with van der Waals surface area (Å²) in [6.07, 6.45) is 5.32. The molecule has 6 N–H and O–H groups in total. The summed E-state index contributed by atoms with van der Waals surface area (Å²) >= 11 is 2.95. The highest BCUT2D eigenvalue weighted by molar-refractivity contribution is 7.99. The van der Waals surface area contributed by atoms with Crippen LogP contribution in [0.25, 0.3) is 0 Å². The van der Waals surface area contributed by atoms with Crippen molar-refractivity contribution >= 4 is 59.0 Å². The fourth-order valence-electron chi connectivity index (χ4n) is 8.15. The van der Waals surface area contributed by atoms with Crippen LogP contribution in [0.15, 0.2) is 48.5 Å². The van der Waals surface area contributed by atoms with E-state index in [1.54, 1.807) is 27.9 Å². The Morgan fingerprint density at radius 1 is 0.645 bits per heavy atom. The first-order valence-corrected chi connectivity index (χ1v) is 23.7. The lowest BCUT2D eigenvalue weighted by Gasteiger charge is -2.31. The number of benzene rings is 2. The van der Waals surface area contributed by atoms with Gasteiger partial charge in [-0.25, -0.2) is 0 Å². The van der Waals surface area contributed by atoms with Crippen molar-refractivity contribution in [2.24, 2.45) is 0 Å². The number of thioether (sulfide) groups is 2. The van der Waals surface area contributed by atoms with Gasteiger partial charge in [0.05, 0.1) is 35.9 Å². The van der Waals surface area contributed by atoms with Crippen LogP contribution in [0.1, 0.15) is 86.7 Å². The van der Waals surface area contributed by atoms with Crippen LogP contribution < -0.4 is 31.9 Å². The molecule has 2 aliphatic heterocycles.